The van der Waals surface area contributed by atoms with Gasteiger partial charge in [0.05, 0.1) is 12.7 Å². The lowest BCUT2D eigenvalue weighted by Crippen LogP contribution is -2.66. The fraction of sp³-hybridized carbons (Fsp3) is 0.660. The number of benzene rings is 1. The average Bonchev–Trinajstić information content (AvgIpc) is 3.62. The molecule has 8 rings (SSSR count). The minimum absolute atomic E-state index is 0.0199. The van der Waals surface area contributed by atoms with Gasteiger partial charge in [-0.15, -0.1) is 0 Å². The first-order chi connectivity index (χ1) is 29.0. The van der Waals surface area contributed by atoms with E-state index >= 15 is 13.2 Å². The van der Waals surface area contributed by atoms with Crippen LogP contribution in [0.1, 0.15) is 77.7 Å². The second kappa shape index (κ2) is 18.9. The lowest BCUT2D eigenvalue weighted by Gasteiger charge is -2.56. The first-order valence-corrected chi connectivity index (χ1v) is 22.0. The van der Waals surface area contributed by atoms with Crippen LogP contribution in [0.2, 0.25) is 0 Å². The second-order valence-electron chi connectivity index (χ2n) is 18.4. The molecular formula is C47H62F6N2O6. The van der Waals surface area contributed by atoms with Crippen molar-refractivity contribution in [2.45, 2.75) is 115 Å². The molecule has 7 aliphatic rings. The number of nitrogens with zero attached hydrogens (tertiary/aromatic N) is 2. The van der Waals surface area contributed by atoms with Crippen LogP contribution in [0.4, 0.5) is 26.3 Å². The number of fused-ring (bicyclic) bond motifs is 3. The van der Waals surface area contributed by atoms with Gasteiger partial charge in [0.1, 0.15) is 0 Å². The summed E-state index contributed by atoms with van der Waals surface area (Å²) in [6, 6.07) is 9.37. The summed E-state index contributed by atoms with van der Waals surface area (Å²) in [6.07, 6.45) is -2.02. The van der Waals surface area contributed by atoms with E-state index in [1.54, 1.807) is 18.2 Å². The highest BCUT2D eigenvalue weighted by molar-refractivity contribution is 5.30. The third-order valence-electron chi connectivity index (χ3n) is 14.6. The molecule has 3 unspecified atom stereocenters. The van der Waals surface area contributed by atoms with Crippen LogP contribution in [0.3, 0.4) is 0 Å². The van der Waals surface area contributed by atoms with Gasteiger partial charge in [0.15, 0.2) is 17.7 Å². The van der Waals surface area contributed by atoms with Crippen LogP contribution < -0.4 is 0 Å². The molecule has 4 saturated heterocycles. The molecule has 0 radical (unpaired) electrons. The summed E-state index contributed by atoms with van der Waals surface area (Å²) in [7, 11) is 0. The molecule has 0 aromatic heterocycles. The highest BCUT2D eigenvalue weighted by Crippen LogP contribution is 2.60. The van der Waals surface area contributed by atoms with Crippen molar-refractivity contribution in [3.05, 3.63) is 95.5 Å². The summed E-state index contributed by atoms with van der Waals surface area (Å²) < 4.78 is 108. The van der Waals surface area contributed by atoms with Crippen LogP contribution in [-0.4, -0.2) is 90.9 Å². The van der Waals surface area contributed by atoms with Crippen molar-refractivity contribution in [2.75, 3.05) is 39.3 Å². The molecule has 2 bridgehead atoms. The van der Waals surface area contributed by atoms with Gasteiger partial charge in [-0.25, -0.2) is 9.78 Å². The Labute approximate surface area is 356 Å². The number of hydrogen-bond acceptors (Lipinski definition) is 8. The number of ether oxygens (including phenoxy) is 3. The molecular weight excluding hydrogens is 803 g/mol. The molecule has 6 fully saturated rings. The van der Waals surface area contributed by atoms with Crippen LogP contribution in [0.25, 0.3) is 0 Å². The quantitative estimate of drug-likeness (QED) is 0.0858. The molecule has 5 heterocycles. The molecule has 1 spiro atoms. The Morgan fingerprint density at radius 2 is 1.59 bits per heavy atom. The van der Waals surface area contributed by atoms with Gasteiger partial charge in [-0.2, -0.15) is 26.3 Å². The van der Waals surface area contributed by atoms with Crippen LogP contribution in [0.15, 0.2) is 90.0 Å². The fourth-order valence-corrected chi connectivity index (χ4v) is 11.5. The summed E-state index contributed by atoms with van der Waals surface area (Å²) >= 11 is 0. The van der Waals surface area contributed by atoms with Gasteiger partial charge >= 0.3 is 12.4 Å². The lowest BCUT2D eigenvalue weighted by molar-refractivity contribution is -0.528. The monoisotopic (exact) mass is 864 g/mol. The van der Waals surface area contributed by atoms with Gasteiger partial charge in [0, 0.05) is 57.5 Å². The van der Waals surface area contributed by atoms with E-state index in [9.17, 15) is 18.3 Å². The van der Waals surface area contributed by atoms with Gasteiger partial charge in [0.2, 0.25) is 12.0 Å². The van der Waals surface area contributed by atoms with E-state index in [0.717, 1.165) is 24.8 Å². The third kappa shape index (κ3) is 9.84. The molecule has 8 nitrogen and oxygen atoms in total. The largest absolute Gasteiger partial charge is 0.504 e. The van der Waals surface area contributed by atoms with E-state index in [-0.39, 0.29) is 80.2 Å². The molecule has 338 valence electrons. The van der Waals surface area contributed by atoms with Crippen LogP contribution in [0, 0.1) is 41.4 Å². The first-order valence-electron chi connectivity index (χ1n) is 22.0. The van der Waals surface area contributed by atoms with Gasteiger partial charge in [-0.05, 0) is 104 Å². The molecule has 0 amide bonds. The van der Waals surface area contributed by atoms with Gasteiger partial charge in [0.25, 0.3) is 0 Å². The Bertz CT molecular complexity index is 1800. The van der Waals surface area contributed by atoms with Crippen molar-refractivity contribution in [3.63, 3.8) is 0 Å². The number of hydrogen-bond donors (Lipinski definition) is 1. The van der Waals surface area contributed by atoms with E-state index < -0.39 is 53.9 Å². The third-order valence-corrected chi connectivity index (χ3v) is 14.6. The number of aliphatic hydroxyl groups is 1. The summed E-state index contributed by atoms with van der Waals surface area (Å²) in [4.78, 5) is 15.6. The maximum absolute atomic E-state index is 15.2. The van der Waals surface area contributed by atoms with Crippen LogP contribution in [0.5, 0.6) is 0 Å². The Morgan fingerprint density at radius 3 is 2.30 bits per heavy atom. The van der Waals surface area contributed by atoms with Crippen molar-refractivity contribution in [1.29, 1.82) is 0 Å². The summed E-state index contributed by atoms with van der Waals surface area (Å²) in [5, 5.41) is 11.1. The normalized spacial score (nSPS) is 34.8. The van der Waals surface area contributed by atoms with Gasteiger partial charge in [-0.3, -0.25) is 9.80 Å². The molecule has 2 saturated carbocycles. The number of alkyl halides is 6. The molecule has 1 aromatic carbocycles. The smallest absolute Gasteiger partial charge is 0.449 e. The second-order valence-corrected chi connectivity index (χ2v) is 18.4. The van der Waals surface area contributed by atoms with E-state index in [1.165, 1.54) is 0 Å². The number of rotatable bonds is 14. The van der Waals surface area contributed by atoms with Crippen LogP contribution in [-0.2, 0) is 30.5 Å². The van der Waals surface area contributed by atoms with E-state index in [2.05, 4.69) is 27.0 Å². The highest BCUT2D eigenvalue weighted by Gasteiger charge is 2.68. The first kappa shape index (κ1) is 45.9. The summed E-state index contributed by atoms with van der Waals surface area (Å²) in [5.41, 5.74) is 0.225. The van der Waals surface area contributed by atoms with Crippen molar-refractivity contribution in [1.82, 2.24) is 9.80 Å². The average molecular weight is 865 g/mol. The zero-order valence-corrected chi connectivity index (χ0v) is 35.6. The minimum atomic E-state index is -4.99. The Kier molecular flexibility index (Phi) is 14.2. The van der Waals surface area contributed by atoms with E-state index in [1.807, 2.05) is 47.1 Å². The molecule has 1 N–H and O–H groups in total. The highest BCUT2D eigenvalue weighted by atomic mass is 19.4. The molecule has 14 heteroatoms. The predicted octanol–water partition coefficient (Wildman–Crippen LogP) is 10.6. The molecule has 61 heavy (non-hydrogen) atoms. The standard InChI is InChI=1S/C47H62F6N2O6/c1-6-11-32(7-2)24-54(26-36(42(56)46(48,49)50)35-17-14-29(3)34-18-16-31(5)57-28-38(34)35)22-23-55(25-33-12-9-8-10-13-33)27-37-40-19-15-30(4)39-20-21-41-58-44(45(39,40)61-60-41)59-43(37)47(51,52)53/h6-13,29-31,34-35,38-41,44,56H,1-2,14-28H2,3-5H3/b32-11+,42-36-/t29-,30-,31+,34?,35+,38?,39?,40+,41-,44+,45-/m1/s1. The maximum atomic E-state index is 15.2. The Hall–Kier alpha value is -3.14. The molecule has 11 atom stereocenters. The van der Waals surface area contributed by atoms with Gasteiger partial charge < -0.3 is 19.3 Å². The summed E-state index contributed by atoms with van der Waals surface area (Å²) in [5.74, 6) is -3.81. The molecule has 2 aliphatic carbocycles. The molecule has 1 aromatic rings. The van der Waals surface area contributed by atoms with Crippen molar-refractivity contribution in [2.24, 2.45) is 41.4 Å². The summed E-state index contributed by atoms with van der Waals surface area (Å²) in [6.45, 7) is 14.6. The number of halogens is 6. The van der Waals surface area contributed by atoms with Crippen molar-refractivity contribution in [3.8, 4) is 0 Å². The van der Waals surface area contributed by atoms with Gasteiger partial charge in [-0.1, -0.05) is 75.6 Å². The fourth-order valence-electron chi connectivity index (χ4n) is 11.5. The number of aliphatic hydroxyl groups excluding tert-OH is 1. The topological polar surface area (TPSA) is 72.9 Å². The SMILES string of the molecule is C=C/C=C(\C=C)CN(CCN(CC1=C(C(F)(F)F)O[C@@H]2O[C@H]3CCC4[C@H](C)CC[C@@H]1[C@]42OO3)Cc1ccccc1)C/C(=C(/O)C(F)(F)F)[C@@H]1CC[C@@H](C)C2CC[C@H](C)OCC21. The number of allylic oxidation sites excluding steroid dienone is 4. The zero-order valence-electron chi connectivity index (χ0n) is 35.6. The van der Waals surface area contributed by atoms with E-state index in [4.69, 9.17) is 24.0 Å². The maximum Gasteiger partial charge on any atom is 0.449 e. The minimum Gasteiger partial charge on any atom is -0.504 e. The van der Waals surface area contributed by atoms with Crippen molar-refractivity contribution >= 4 is 0 Å². The Balaban J connectivity index is 1.25. The van der Waals surface area contributed by atoms with E-state index in [0.29, 0.717) is 50.2 Å². The van der Waals surface area contributed by atoms with Crippen molar-refractivity contribution < 1.29 is 55.4 Å². The van der Waals surface area contributed by atoms with Crippen LogP contribution >= 0.6 is 0 Å². The lowest BCUT2D eigenvalue weighted by atomic mass is 9.59. The predicted molar refractivity (Wildman–Crippen MR) is 218 cm³/mol. The Morgan fingerprint density at radius 1 is 0.852 bits per heavy atom. The zero-order chi connectivity index (χ0) is 43.7. The molecule has 5 aliphatic heterocycles.